The lowest BCUT2D eigenvalue weighted by Crippen LogP contribution is -2.35. The Hall–Kier alpha value is -1.90. The van der Waals surface area contributed by atoms with Crippen LogP contribution >= 0.6 is 11.6 Å². The summed E-state index contributed by atoms with van der Waals surface area (Å²) in [5, 5.41) is 0.379. The van der Waals surface area contributed by atoms with Crippen LogP contribution in [0.1, 0.15) is 43.9 Å². The summed E-state index contributed by atoms with van der Waals surface area (Å²) in [4.78, 5) is 19.0. The van der Waals surface area contributed by atoms with Gasteiger partial charge >= 0.3 is 0 Å². The molecule has 0 N–H and O–H groups in total. The second kappa shape index (κ2) is 10.6. The standard InChI is InChI=1S/C22H30ClN3O4S/c1-3-25(21(27)17-8-4-5-9-17)15-19-14-24-22(26(19)12-13-30-2)31(28,29)16-18-10-6-7-11-20(18)23/h6-7,10-11,14,17H,3-5,8-9,12-13,15-16H2,1-2H3. The van der Waals surface area contributed by atoms with E-state index in [0.717, 1.165) is 25.7 Å². The minimum Gasteiger partial charge on any atom is -0.383 e. The van der Waals surface area contributed by atoms with E-state index in [-0.39, 0.29) is 22.7 Å². The van der Waals surface area contributed by atoms with Crippen LogP contribution < -0.4 is 0 Å². The molecule has 1 saturated carbocycles. The molecule has 1 aromatic carbocycles. The highest BCUT2D eigenvalue weighted by atomic mass is 35.5. The van der Waals surface area contributed by atoms with Gasteiger partial charge in [-0.25, -0.2) is 13.4 Å². The normalized spacial score (nSPS) is 14.8. The Kier molecular flexibility index (Phi) is 8.13. The van der Waals surface area contributed by atoms with E-state index in [2.05, 4.69) is 4.98 Å². The number of benzene rings is 1. The first kappa shape index (κ1) is 23.8. The maximum atomic E-state index is 13.2. The third-order valence-electron chi connectivity index (χ3n) is 5.75. The van der Waals surface area contributed by atoms with Crippen molar-refractivity contribution >= 4 is 27.3 Å². The molecule has 170 valence electrons. The van der Waals surface area contributed by atoms with E-state index >= 15 is 0 Å². The maximum Gasteiger partial charge on any atom is 0.228 e. The Morgan fingerprint density at radius 1 is 1.29 bits per heavy atom. The van der Waals surface area contributed by atoms with Gasteiger partial charge in [-0.15, -0.1) is 0 Å². The van der Waals surface area contributed by atoms with Gasteiger partial charge in [-0.3, -0.25) is 4.79 Å². The lowest BCUT2D eigenvalue weighted by atomic mass is 10.1. The number of halogens is 1. The summed E-state index contributed by atoms with van der Waals surface area (Å²) >= 11 is 6.18. The lowest BCUT2D eigenvalue weighted by molar-refractivity contribution is -0.135. The number of hydrogen-bond donors (Lipinski definition) is 0. The fourth-order valence-corrected chi connectivity index (χ4v) is 5.87. The van der Waals surface area contributed by atoms with Crippen molar-refractivity contribution in [2.45, 2.75) is 56.6 Å². The average Bonchev–Trinajstić information content (AvgIpc) is 3.42. The van der Waals surface area contributed by atoms with Gasteiger partial charge in [0.05, 0.1) is 30.8 Å². The van der Waals surface area contributed by atoms with Crippen LogP contribution in [0.25, 0.3) is 0 Å². The van der Waals surface area contributed by atoms with Gasteiger partial charge in [0.15, 0.2) is 0 Å². The number of hydrogen-bond acceptors (Lipinski definition) is 5. The molecule has 1 fully saturated rings. The molecule has 7 nitrogen and oxygen atoms in total. The van der Waals surface area contributed by atoms with Crippen LogP contribution in [-0.2, 0) is 38.2 Å². The third kappa shape index (κ3) is 5.67. The fourth-order valence-electron chi connectivity index (χ4n) is 4.04. The van der Waals surface area contributed by atoms with Crippen LogP contribution in [0.2, 0.25) is 5.02 Å². The predicted octanol–water partition coefficient (Wildman–Crippen LogP) is 3.70. The first-order valence-corrected chi connectivity index (χ1v) is 12.7. The van der Waals surface area contributed by atoms with E-state index in [4.69, 9.17) is 16.3 Å². The van der Waals surface area contributed by atoms with Gasteiger partial charge in [0, 0.05) is 31.1 Å². The Morgan fingerprint density at radius 2 is 2.00 bits per heavy atom. The van der Waals surface area contributed by atoms with Gasteiger partial charge in [0.25, 0.3) is 0 Å². The van der Waals surface area contributed by atoms with Crippen molar-refractivity contribution in [1.82, 2.24) is 14.5 Å². The van der Waals surface area contributed by atoms with E-state index in [1.165, 1.54) is 0 Å². The molecule has 0 spiro atoms. The third-order valence-corrected chi connectivity index (χ3v) is 7.69. The second-order valence-corrected chi connectivity index (χ2v) is 10.2. The van der Waals surface area contributed by atoms with Crippen molar-refractivity contribution in [3.63, 3.8) is 0 Å². The number of rotatable bonds is 10. The van der Waals surface area contributed by atoms with E-state index < -0.39 is 9.84 Å². The van der Waals surface area contributed by atoms with Crippen molar-refractivity contribution in [3.05, 3.63) is 46.7 Å². The van der Waals surface area contributed by atoms with Crippen LogP contribution in [-0.4, -0.2) is 49.0 Å². The zero-order valence-electron chi connectivity index (χ0n) is 18.1. The van der Waals surface area contributed by atoms with Crippen LogP contribution in [0.5, 0.6) is 0 Å². The van der Waals surface area contributed by atoms with Crippen molar-refractivity contribution in [3.8, 4) is 0 Å². The molecule has 0 atom stereocenters. The summed E-state index contributed by atoms with van der Waals surface area (Å²) in [6.45, 7) is 3.49. The Bertz CT molecular complexity index is 1000. The summed E-state index contributed by atoms with van der Waals surface area (Å²) in [5.41, 5.74) is 1.21. The van der Waals surface area contributed by atoms with E-state index in [1.807, 2.05) is 6.92 Å². The smallest absolute Gasteiger partial charge is 0.228 e. The van der Waals surface area contributed by atoms with Crippen molar-refractivity contribution in [1.29, 1.82) is 0 Å². The zero-order valence-corrected chi connectivity index (χ0v) is 19.7. The molecule has 31 heavy (non-hydrogen) atoms. The van der Waals surface area contributed by atoms with E-state index in [1.54, 1.807) is 47.0 Å². The number of sulfone groups is 1. The molecule has 1 amide bonds. The van der Waals surface area contributed by atoms with Crippen molar-refractivity contribution in [2.24, 2.45) is 5.92 Å². The van der Waals surface area contributed by atoms with Gasteiger partial charge in [0.1, 0.15) is 0 Å². The molecule has 2 aromatic rings. The molecular weight excluding hydrogens is 438 g/mol. The Labute approximate surface area is 189 Å². The number of ether oxygens (including phenoxy) is 1. The number of methoxy groups -OCH3 is 1. The maximum absolute atomic E-state index is 13.2. The quantitative estimate of drug-likeness (QED) is 0.532. The number of carbonyl (C=O) groups excluding carboxylic acids is 1. The van der Waals surface area contributed by atoms with Gasteiger partial charge in [-0.1, -0.05) is 42.6 Å². The highest BCUT2D eigenvalue weighted by Gasteiger charge is 2.29. The molecule has 0 saturated heterocycles. The van der Waals surface area contributed by atoms with Crippen molar-refractivity contribution < 1.29 is 17.9 Å². The van der Waals surface area contributed by atoms with Crippen LogP contribution in [0.3, 0.4) is 0 Å². The highest BCUT2D eigenvalue weighted by molar-refractivity contribution is 7.90. The van der Waals surface area contributed by atoms with Crippen LogP contribution in [0.4, 0.5) is 0 Å². The van der Waals surface area contributed by atoms with Gasteiger partial charge in [-0.2, -0.15) is 0 Å². The molecule has 0 bridgehead atoms. The molecule has 9 heteroatoms. The second-order valence-electron chi connectivity index (χ2n) is 7.86. The summed E-state index contributed by atoms with van der Waals surface area (Å²) in [6, 6.07) is 6.88. The van der Waals surface area contributed by atoms with Gasteiger partial charge < -0.3 is 14.2 Å². The van der Waals surface area contributed by atoms with Gasteiger partial charge in [-0.05, 0) is 31.4 Å². The molecule has 1 aromatic heterocycles. The molecule has 0 aliphatic heterocycles. The number of amides is 1. The van der Waals surface area contributed by atoms with Crippen LogP contribution in [0, 0.1) is 5.92 Å². The monoisotopic (exact) mass is 467 g/mol. The number of nitrogens with zero attached hydrogens (tertiary/aromatic N) is 3. The average molecular weight is 468 g/mol. The molecule has 1 aliphatic carbocycles. The topological polar surface area (TPSA) is 81.5 Å². The van der Waals surface area contributed by atoms with E-state index in [0.29, 0.717) is 42.5 Å². The summed E-state index contributed by atoms with van der Waals surface area (Å²) < 4.78 is 33.2. The lowest BCUT2D eigenvalue weighted by Gasteiger charge is -2.25. The summed E-state index contributed by atoms with van der Waals surface area (Å²) in [5.74, 6) is -0.0343. The number of carbonyl (C=O) groups is 1. The number of aromatic nitrogens is 2. The number of imidazole rings is 1. The SMILES string of the molecule is CCN(Cc1cnc(S(=O)(=O)Cc2ccccc2Cl)n1CCOC)C(=O)C1CCCC1. The van der Waals surface area contributed by atoms with E-state index in [9.17, 15) is 13.2 Å². The largest absolute Gasteiger partial charge is 0.383 e. The Morgan fingerprint density at radius 3 is 2.65 bits per heavy atom. The molecule has 0 radical (unpaired) electrons. The van der Waals surface area contributed by atoms with Crippen LogP contribution in [0.15, 0.2) is 35.6 Å². The first-order chi connectivity index (χ1) is 14.9. The first-order valence-electron chi connectivity index (χ1n) is 10.7. The molecule has 1 aliphatic rings. The zero-order chi connectivity index (χ0) is 22.4. The minimum absolute atomic E-state index is 0.0242. The summed E-state index contributed by atoms with van der Waals surface area (Å²) in [7, 11) is -2.18. The predicted molar refractivity (Wildman–Crippen MR) is 119 cm³/mol. The molecule has 3 rings (SSSR count). The molecule has 0 unspecified atom stereocenters. The summed E-state index contributed by atoms with van der Waals surface area (Å²) in [6.07, 6.45) is 5.58. The van der Waals surface area contributed by atoms with Crippen molar-refractivity contribution in [2.75, 3.05) is 20.3 Å². The highest BCUT2D eigenvalue weighted by Crippen LogP contribution is 2.28. The molecule has 1 heterocycles. The minimum atomic E-state index is -3.75. The molecular formula is C22H30ClN3O4S. The fraction of sp³-hybridized carbons (Fsp3) is 0.545. The van der Waals surface area contributed by atoms with Gasteiger partial charge in [0.2, 0.25) is 20.9 Å². The Balaban J connectivity index is 1.88.